The molecular formula is C28H26N2O5S. The number of nitrogens with zero attached hydrogens (tertiary/aromatic N) is 2. The third kappa shape index (κ3) is 4.83. The Labute approximate surface area is 210 Å². The van der Waals surface area contributed by atoms with Crippen molar-refractivity contribution in [2.75, 3.05) is 13.2 Å². The van der Waals surface area contributed by atoms with Crippen LogP contribution in [0.25, 0.3) is 11.1 Å². The fourth-order valence-electron chi connectivity index (χ4n) is 4.25. The Morgan fingerprint density at radius 3 is 2.08 bits per heavy atom. The van der Waals surface area contributed by atoms with Crippen molar-refractivity contribution in [3.63, 3.8) is 0 Å². The first-order valence-electron chi connectivity index (χ1n) is 11.6. The van der Waals surface area contributed by atoms with Crippen LogP contribution in [0.4, 0.5) is 0 Å². The van der Waals surface area contributed by atoms with Crippen LogP contribution >= 0.6 is 0 Å². The second-order valence-electron chi connectivity index (χ2n) is 8.67. The van der Waals surface area contributed by atoms with Gasteiger partial charge in [0.05, 0.1) is 17.7 Å². The van der Waals surface area contributed by atoms with E-state index < -0.39 is 16.1 Å². The molecule has 0 fully saturated rings. The molecule has 7 nitrogen and oxygen atoms in total. The average Bonchev–Trinajstić information content (AvgIpc) is 3.51. The van der Waals surface area contributed by atoms with E-state index in [1.54, 1.807) is 36.4 Å². The minimum absolute atomic E-state index is 0.0183. The van der Waals surface area contributed by atoms with E-state index in [1.807, 2.05) is 55.5 Å². The predicted molar refractivity (Wildman–Crippen MR) is 137 cm³/mol. The van der Waals surface area contributed by atoms with E-state index in [0.717, 1.165) is 27.8 Å². The number of aryl methyl sites for hydroxylation is 1. The van der Waals surface area contributed by atoms with Crippen LogP contribution < -0.4 is 0 Å². The molecule has 0 saturated carbocycles. The molecule has 3 aromatic carbocycles. The molecule has 5 rings (SSSR count). The summed E-state index contributed by atoms with van der Waals surface area (Å²) in [4.78, 5) is 5.70. The number of aliphatic hydroxyl groups excluding tert-OH is 1. The van der Waals surface area contributed by atoms with E-state index in [0.29, 0.717) is 11.5 Å². The number of aliphatic hydroxyl groups is 1. The number of benzene rings is 3. The average molecular weight is 503 g/mol. The second-order valence-corrected chi connectivity index (χ2v) is 10.6. The molecule has 0 radical (unpaired) electrons. The number of rotatable bonds is 9. The van der Waals surface area contributed by atoms with Gasteiger partial charge in [0.25, 0.3) is 0 Å². The Morgan fingerprint density at radius 2 is 1.50 bits per heavy atom. The van der Waals surface area contributed by atoms with Gasteiger partial charge in [-0.05, 0) is 42.3 Å². The van der Waals surface area contributed by atoms with Crippen LogP contribution in [0, 0.1) is 6.92 Å². The van der Waals surface area contributed by atoms with E-state index >= 15 is 0 Å². The molecule has 0 saturated heterocycles. The second kappa shape index (κ2) is 10.1. The zero-order valence-corrected chi connectivity index (χ0v) is 20.6. The van der Waals surface area contributed by atoms with Crippen LogP contribution in [0.2, 0.25) is 0 Å². The Bertz CT molecular complexity index is 1430. The highest BCUT2D eigenvalue weighted by Gasteiger charge is 2.29. The molecule has 1 N–H and O–H groups in total. The van der Waals surface area contributed by atoms with Gasteiger partial charge in [0.2, 0.25) is 10.0 Å². The fourth-order valence-corrected chi connectivity index (χ4v) is 5.70. The minimum Gasteiger partial charge on any atom is -0.468 e. The Hall–Kier alpha value is -3.72. The van der Waals surface area contributed by atoms with Crippen molar-refractivity contribution in [3.8, 4) is 11.1 Å². The fraction of sp³-hybridized carbons (Fsp3) is 0.179. The van der Waals surface area contributed by atoms with Crippen LogP contribution in [0.15, 0.2) is 106 Å². The van der Waals surface area contributed by atoms with E-state index in [1.165, 1.54) is 10.6 Å². The van der Waals surface area contributed by atoms with Gasteiger partial charge in [-0.1, -0.05) is 71.4 Å². The van der Waals surface area contributed by atoms with Crippen LogP contribution in [0.3, 0.4) is 0 Å². The molecule has 184 valence electrons. The van der Waals surface area contributed by atoms with Gasteiger partial charge < -0.3 is 14.4 Å². The molecule has 0 amide bonds. The Balaban J connectivity index is 1.33. The molecule has 1 aliphatic rings. The van der Waals surface area contributed by atoms with Crippen molar-refractivity contribution in [1.29, 1.82) is 0 Å². The van der Waals surface area contributed by atoms with Crippen LogP contribution in [0.1, 0.15) is 22.5 Å². The van der Waals surface area contributed by atoms with Crippen molar-refractivity contribution in [1.82, 2.24) is 4.31 Å². The summed E-state index contributed by atoms with van der Waals surface area (Å²) < 4.78 is 33.3. The van der Waals surface area contributed by atoms with Gasteiger partial charge in [-0.15, -0.1) is 0 Å². The lowest BCUT2D eigenvalue weighted by Gasteiger charge is -2.23. The molecule has 0 spiro atoms. The van der Waals surface area contributed by atoms with Gasteiger partial charge in [-0.3, -0.25) is 0 Å². The SMILES string of the molecule is Cc1ccc(S(=O)(=O)N(Cc2ccco2)C[C@H](O)CON=C2c3ccccc3-c3ccccc32)cc1. The highest BCUT2D eigenvalue weighted by Crippen LogP contribution is 2.36. The number of fused-ring (bicyclic) bond motifs is 3. The van der Waals surface area contributed by atoms with E-state index in [2.05, 4.69) is 5.16 Å². The van der Waals surface area contributed by atoms with Crippen LogP contribution in [0.5, 0.6) is 0 Å². The zero-order valence-electron chi connectivity index (χ0n) is 19.7. The molecule has 0 bridgehead atoms. The van der Waals surface area contributed by atoms with Gasteiger partial charge in [-0.25, -0.2) is 8.42 Å². The summed E-state index contributed by atoms with van der Waals surface area (Å²) in [6.45, 7) is 1.51. The molecule has 1 atom stereocenters. The van der Waals surface area contributed by atoms with Crippen molar-refractivity contribution >= 4 is 15.7 Å². The number of hydrogen-bond donors (Lipinski definition) is 1. The third-order valence-electron chi connectivity index (χ3n) is 6.06. The molecule has 1 aliphatic carbocycles. The highest BCUT2D eigenvalue weighted by atomic mass is 32.2. The lowest BCUT2D eigenvalue weighted by Crippen LogP contribution is -2.38. The maximum atomic E-state index is 13.4. The smallest absolute Gasteiger partial charge is 0.243 e. The molecule has 8 heteroatoms. The molecule has 4 aromatic rings. The lowest BCUT2D eigenvalue weighted by molar-refractivity contribution is 0.0296. The first-order chi connectivity index (χ1) is 17.4. The van der Waals surface area contributed by atoms with Gasteiger partial charge in [0, 0.05) is 17.7 Å². The zero-order chi connectivity index (χ0) is 25.1. The summed E-state index contributed by atoms with van der Waals surface area (Å²) in [5.74, 6) is 0.471. The normalized spacial score (nSPS) is 13.4. The van der Waals surface area contributed by atoms with Crippen molar-refractivity contribution < 1.29 is 22.8 Å². The van der Waals surface area contributed by atoms with Gasteiger partial charge in [0.15, 0.2) is 0 Å². The van der Waals surface area contributed by atoms with E-state index in [4.69, 9.17) is 9.25 Å². The first kappa shape index (κ1) is 24.0. The highest BCUT2D eigenvalue weighted by molar-refractivity contribution is 7.89. The Morgan fingerprint density at radius 1 is 0.889 bits per heavy atom. The summed E-state index contributed by atoms with van der Waals surface area (Å²) in [6, 6.07) is 25.9. The summed E-state index contributed by atoms with van der Waals surface area (Å²) in [5, 5.41) is 15.1. The first-order valence-corrected chi connectivity index (χ1v) is 13.0. The maximum Gasteiger partial charge on any atom is 0.243 e. The monoisotopic (exact) mass is 502 g/mol. The third-order valence-corrected chi connectivity index (χ3v) is 7.89. The van der Waals surface area contributed by atoms with Gasteiger partial charge >= 0.3 is 0 Å². The Kier molecular flexibility index (Phi) is 6.73. The minimum atomic E-state index is -3.89. The van der Waals surface area contributed by atoms with Gasteiger partial charge in [0.1, 0.15) is 24.2 Å². The lowest BCUT2D eigenvalue weighted by atomic mass is 10.1. The molecule has 0 unspecified atom stereocenters. The number of furan rings is 1. The molecule has 0 aliphatic heterocycles. The van der Waals surface area contributed by atoms with Crippen molar-refractivity contribution in [2.24, 2.45) is 5.16 Å². The standard InChI is InChI=1S/C28H26N2O5S/c1-20-12-14-23(15-13-20)36(32,33)30(18-22-7-6-16-34-22)17-21(31)19-35-29-28-26-10-4-2-8-24(26)25-9-3-5-11-27(25)28/h2-16,21,31H,17-19H2,1H3/t21-/m0/s1. The van der Waals surface area contributed by atoms with Crippen molar-refractivity contribution in [3.05, 3.63) is 114 Å². The van der Waals surface area contributed by atoms with Crippen molar-refractivity contribution in [2.45, 2.75) is 24.5 Å². The number of hydrogen-bond acceptors (Lipinski definition) is 6. The summed E-state index contributed by atoms with van der Waals surface area (Å²) in [6.07, 6.45) is 0.371. The quantitative estimate of drug-likeness (QED) is 0.298. The van der Waals surface area contributed by atoms with Crippen LogP contribution in [-0.2, 0) is 21.4 Å². The van der Waals surface area contributed by atoms with E-state index in [-0.39, 0.29) is 24.6 Å². The van der Waals surface area contributed by atoms with Gasteiger partial charge in [-0.2, -0.15) is 4.31 Å². The predicted octanol–water partition coefficient (Wildman–Crippen LogP) is 4.59. The summed E-state index contributed by atoms with van der Waals surface area (Å²) in [5.41, 5.74) is 5.70. The number of oxime groups is 1. The largest absolute Gasteiger partial charge is 0.468 e. The summed E-state index contributed by atoms with van der Waals surface area (Å²) >= 11 is 0. The van der Waals surface area contributed by atoms with Crippen LogP contribution in [-0.4, -0.2) is 42.8 Å². The maximum absolute atomic E-state index is 13.4. The number of sulfonamides is 1. The molecule has 1 aromatic heterocycles. The van der Waals surface area contributed by atoms with E-state index in [9.17, 15) is 13.5 Å². The topological polar surface area (TPSA) is 92.3 Å². The molecule has 1 heterocycles. The molecular weight excluding hydrogens is 476 g/mol. The molecule has 36 heavy (non-hydrogen) atoms. The summed E-state index contributed by atoms with van der Waals surface area (Å²) in [7, 11) is -3.89.